The van der Waals surface area contributed by atoms with E-state index >= 15 is 0 Å². The van der Waals surface area contributed by atoms with E-state index in [4.69, 9.17) is 0 Å². The third-order valence-electron chi connectivity index (χ3n) is 5.15. The number of amides is 1. The van der Waals surface area contributed by atoms with Crippen molar-refractivity contribution in [3.63, 3.8) is 0 Å². The van der Waals surface area contributed by atoms with Crippen LogP contribution in [-0.2, 0) is 13.6 Å². The molecule has 7 nitrogen and oxygen atoms in total. The highest BCUT2D eigenvalue weighted by Gasteiger charge is 2.28. The Bertz CT molecular complexity index is 862. The molecule has 26 heavy (non-hydrogen) atoms. The lowest BCUT2D eigenvalue weighted by molar-refractivity contribution is 0.0588. The van der Waals surface area contributed by atoms with E-state index in [-0.39, 0.29) is 11.9 Å². The second kappa shape index (κ2) is 7.19. The lowest BCUT2D eigenvalue weighted by atomic mass is 9.99. The first-order valence-corrected chi connectivity index (χ1v) is 9.18. The zero-order valence-corrected chi connectivity index (χ0v) is 15.0. The Morgan fingerprint density at radius 3 is 3.00 bits per heavy atom. The summed E-state index contributed by atoms with van der Waals surface area (Å²) in [6.07, 6.45) is 9.93. The number of H-pyrrole nitrogens is 1. The first-order valence-electron chi connectivity index (χ1n) is 9.18. The average Bonchev–Trinajstić information content (AvgIpc) is 3.41. The molecule has 3 aromatic heterocycles. The minimum Gasteiger partial charge on any atom is -0.349 e. The number of rotatable bonds is 5. The molecule has 1 amide bonds. The van der Waals surface area contributed by atoms with Crippen molar-refractivity contribution in [2.45, 2.75) is 38.3 Å². The van der Waals surface area contributed by atoms with E-state index in [1.165, 1.54) is 6.42 Å². The van der Waals surface area contributed by atoms with E-state index in [2.05, 4.69) is 15.3 Å². The maximum Gasteiger partial charge on any atom is 0.272 e. The largest absolute Gasteiger partial charge is 0.349 e. The molecule has 4 rings (SSSR count). The van der Waals surface area contributed by atoms with Gasteiger partial charge in [-0.25, -0.2) is 0 Å². The predicted molar refractivity (Wildman–Crippen MR) is 98.5 cm³/mol. The van der Waals surface area contributed by atoms with Crippen molar-refractivity contribution in [2.24, 2.45) is 7.05 Å². The molecule has 0 aliphatic carbocycles. The number of hydrogen-bond donors (Lipinski definition) is 1. The molecule has 1 fully saturated rings. The number of carbonyl (C=O) groups excluding carboxylic acids is 1. The van der Waals surface area contributed by atoms with Crippen molar-refractivity contribution in [1.82, 2.24) is 29.4 Å². The lowest BCUT2D eigenvalue weighted by Gasteiger charge is -2.35. The van der Waals surface area contributed by atoms with E-state index in [9.17, 15) is 4.79 Å². The number of likely N-dealkylation sites (tertiary alicyclic amines) is 1. The molecule has 0 spiro atoms. The summed E-state index contributed by atoms with van der Waals surface area (Å²) >= 11 is 0. The number of piperidine rings is 1. The molecule has 1 aliphatic heterocycles. The lowest BCUT2D eigenvalue weighted by Crippen LogP contribution is -2.44. The maximum atomic E-state index is 13.1. The topological polar surface area (TPSA) is 71.7 Å². The molecule has 0 saturated carbocycles. The van der Waals surface area contributed by atoms with Crippen LogP contribution < -0.4 is 0 Å². The van der Waals surface area contributed by atoms with E-state index in [1.54, 1.807) is 6.20 Å². The van der Waals surface area contributed by atoms with Gasteiger partial charge in [0, 0.05) is 44.8 Å². The minimum absolute atomic E-state index is 0.0446. The third-order valence-corrected chi connectivity index (χ3v) is 5.15. The van der Waals surface area contributed by atoms with Crippen LogP contribution in [0.25, 0.3) is 11.4 Å². The summed E-state index contributed by atoms with van der Waals surface area (Å²) < 4.78 is 3.93. The van der Waals surface area contributed by atoms with Gasteiger partial charge in [0.25, 0.3) is 5.91 Å². The number of aryl methyl sites for hydroxylation is 2. The molecular weight excluding hydrogens is 328 g/mol. The molecule has 1 N–H and O–H groups in total. The van der Waals surface area contributed by atoms with Crippen molar-refractivity contribution in [2.75, 3.05) is 6.54 Å². The highest BCUT2D eigenvalue weighted by Crippen LogP contribution is 2.24. The Balaban J connectivity index is 1.48. The van der Waals surface area contributed by atoms with Gasteiger partial charge in [-0.1, -0.05) is 0 Å². The van der Waals surface area contributed by atoms with E-state index in [0.717, 1.165) is 43.7 Å². The van der Waals surface area contributed by atoms with Gasteiger partial charge < -0.3 is 9.47 Å². The first kappa shape index (κ1) is 16.6. The smallest absolute Gasteiger partial charge is 0.272 e. The Hall–Kier alpha value is -2.83. The average molecular weight is 352 g/mol. The molecular formula is C19H24N6O. The molecule has 0 aromatic carbocycles. The second-order valence-electron chi connectivity index (χ2n) is 6.88. The molecule has 3 aromatic rings. The van der Waals surface area contributed by atoms with Crippen LogP contribution in [-0.4, -0.2) is 47.9 Å². The number of aromatic nitrogens is 5. The normalized spacial score (nSPS) is 17.6. The fourth-order valence-corrected chi connectivity index (χ4v) is 3.73. The number of nitrogens with zero attached hydrogens (tertiary/aromatic N) is 5. The number of aromatic amines is 1. The Kier molecular flexibility index (Phi) is 4.60. The zero-order chi connectivity index (χ0) is 17.9. The summed E-state index contributed by atoms with van der Waals surface area (Å²) in [5, 5.41) is 11.5. The summed E-state index contributed by atoms with van der Waals surface area (Å²) in [6, 6.07) is 8.01. The van der Waals surface area contributed by atoms with Crippen molar-refractivity contribution in [3.8, 4) is 11.4 Å². The van der Waals surface area contributed by atoms with Gasteiger partial charge in [0.05, 0.1) is 5.69 Å². The van der Waals surface area contributed by atoms with Gasteiger partial charge in [0.1, 0.15) is 11.4 Å². The van der Waals surface area contributed by atoms with Crippen LogP contribution in [0, 0.1) is 0 Å². The van der Waals surface area contributed by atoms with Gasteiger partial charge in [-0.2, -0.15) is 10.2 Å². The van der Waals surface area contributed by atoms with Crippen LogP contribution in [0.1, 0.15) is 36.2 Å². The monoisotopic (exact) mass is 352 g/mol. The van der Waals surface area contributed by atoms with Crippen molar-refractivity contribution < 1.29 is 4.79 Å². The van der Waals surface area contributed by atoms with Crippen LogP contribution in [0.15, 0.2) is 42.9 Å². The molecule has 1 atom stereocenters. The molecule has 1 aliphatic rings. The number of nitrogens with one attached hydrogen (secondary N) is 1. The van der Waals surface area contributed by atoms with E-state index < -0.39 is 0 Å². The van der Waals surface area contributed by atoms with Crippen molar-refractivity contribution in [3.05, 3.63) is 48.5 Å². The van der Waals surface area contributed by atoms with E-state index in [0.29, 0.717) is 5.69 Å². The summed E-state index contributed by atoms with van der Waals surface area (Å²) in [4.78, 5) is 15.1. The van der Waals surface area contributed by atoms with Crippen LogP contribution in [0.5, 0.6) is 0 Å². The molecule has 1 saturated heterocycles. The molecule has 7 heteroatoms. The van der Waals surface area contributed by atoms with Gasteiger partial charge in [0.2, 0.25) is 0 Å². The van der Waals surface area contributed by atoms with Crippen LogP contribution in [0.2, 0.25) is 0 Å². The summed E-state index contributed by atoms with van der Waals surface area (Å²) in [6.45, 7) is 1.64. The Labute approximate surface area is 152 Å². The van der Waals surface area contributed by atoms with Gasteiger partial charge >= 0.3 is 0 Å². The molecule has 0 radical (unpaired) electrons. The SMILES string of the molecule is Cn1cccc1-c1cc(C(=O)N2CCCCC2CCn2cccn2)[nH]n1. The Morgan fingerprint density at radius 2 is 2.23 bits per heavy atom. The number of carbonyl (C=O) groups is 1. The van der Waals surface area contributed by atoms with Gasteiger partial charge in [-0.05, 0) is 49.9 Å². The molecule has 0 bridgehead atoms. The zero-order valence-electron chi connectivity index (χ0n) is 15.0. The summed E-state index contributed by atoms with van der Waals surface area (Å²) in [5.41, 5.74) is 2.35. The van der Waals surface area contributed by atoms with Gasteiger partial charge in [-0.15, -0.1) is 0 Å². The first-order chi connectivity index (χ1) is 12.7. The van der Waals surface area contributed by atoms with Gasteiger partial charge in [-0.3, -0.25) is 14.6 Å². The highest BCUT2D eigenvalue weighted by atomic mass is 16.2. The van der Waals surface area contributed by atoms with Crippen LogP contribution >= 0.6 is 0 Å². The quantitative estimate of drug-likeness (QED) is 0.767. The minimum atomic E-state index is 0.0446. The standard InChI is InChI=1S/C19H24N6O/c1-23-10-4-7-18(23)16-14-17(22-21-16)19(26)25-12-3-2-6-15(25)8-13-24-11-5-9-20-24/h4-5,7,9-11,14-15H,2-3,6,8,12-13H2,1H3,(H,21,22). The van der Waals surface area contributed by atoms with Crippen LogP contribution in [0.4, 0.5) is 0 Å². The molecule has 136 valence electrons. The predicted octanol–water partition coefficient (Wildman–Crippen LogP) is 2.70. The Morgan fingerprint density at radius 1 is 1.31 bits per heavy atom. The van der Waals surface area contributed by atoms with Crippen molar-refractivity contribution in [1.29, 1.82) is 0 Å². The van der Waals surface area contributed by atoms with E-state index in [1.807, 2.05) is 57.9 Å². The fraction of sp³-hybridized carbons (Fsp3) is 0.421. The summed E-state index contributed by atoms with van der Waals surface area (Å²) in [7, 11) is 1.97. The third kappa shape index (κ3) is 3.29. The summed E-state index contributed by atoms with van der Waals surface area (Å²) in [5.74, 6) is 0.0446. The highest BCUT2D eigenvalue weighted by molar-refractivity contribution is 5.93. The molecule has 4 heterocycles. The number of hydrogen-bond acceptors (Lipinski definition) is 3. The second-order valence-corrected chi connectivity index (χ2v) is 6.88. The van der Waals surface area contributed by atoms with Crippen molar-refractivity contribution >= 4 is 5.91 Å². The fourth-order valence-electron chi connectivity index (χ4n) is 3.73. The maximum absolute atomic E-state index is 13.1. The van der Waals surface area contributed by atoms with Gasteiger partial charge in [0.15, 0.2) is 0 Å². The molecule has 1 unspecified atom stereocenters. The van der Waals surface area contributed by atoms with Crippen LogP contribution in [0.3, 0.4) is 0 Å².